The van der Waals surface area contributed by atoms with E-state index >= 15 is 0 Å². The van der Waals surface area contributed by atoms with Crippen LogP contribution in [0.25, 0.3) is 17.0 Å². The summed E-state index contributed by atoms with van der Waals surface area (Å²) in [6, 6.07) is 11.5. The van der Waals surface area contributed by atoms with Crippen molar-refractivity contribution in [2.75, 3.05) is 6.54 Å². The second-order valence-corrected chi connectivity index (χ2v) is 7.31. The third-order valence-electron chi connectivity index (χ3n) is 4.29. The number of carbonyl (C=O) groups is 3. The maximum absolute atomic E-state index is 12.5. The van der Waals surface area contributed by atoms with Gasteiger partial charge in [0.1, 0.15) is 0 Å². The third-order valence-corrected chi connectivity index (χ3v) is 5.20. The van der Waals surface area contributed by atoms with Crippen molar-refractivity contribution in [1.82, 2.24) is 9.88 Å². The molecule has 0 bridgehead atoms. The van der Waals surface area contributed by atoms with E-state index in [4.69, 9.17) is 5.11 Å². The molecule has 3 rings (SSSR count). The average Bonchev–Trinajstić information content (AvgIpc) is 2.91. The molecule has 140 valence electrons. The van der Waals surface area contributed by atoms with Crippen LogP contribution in [0.5, 0.6) is 0 Å². The first-order chi connectivity index (χ1) is 13.0. The Kier molecular flexibility index (Phi) is 6.24. The first-order valence-corrected chi connectivity index (χ1v) is 9.69. The lowest BCUT2D eigenvalue weighted by atomic mass is 10.1. The van der Waals surface area contributed by atoms with Gasteiger partial charge in [-0.15, -0.1) is 0 Å². The van der Waals surface area contributed by atoms with Gasteiger partial charge in [0.25, 0.3) is 11.1 Å². The van der Waals surface area contributed by atoms with Crippen molar-refractivity contribution in [1.29, 1.82) is 0 Å². The predicted octanol–water partition coefficient (Wildman–Crippen LogP) is 4.31. The van der Waals surface area contributed by atoms with E-state index in [-0.39, 0.29) is 17.6 Å². The minimum absolute atomic E-state index is 0.156. The smallest absolute Gasteiger partial charge is 0.303 e. The fourth-order valence-electron chi connectivity index (χ4n) is 2.89. The number of benzene rings is 1. The van der Waals surface area contributed by atoms with Gasteiger partial charge in [-0.05, 0) is 42.8 Å². The van der Waals surface area contributed by atoms with Crippen LogP contribution >= 0.6 is 11.8 Å². The van der Waals surface area contributed by atoms with Crippen LogP contribution in [0.15, 0.2) is 41.3 Å². The molecule has 1 aromatic carbocycles. The number of aliphatic carboxylic acids is 1. The van der Waals surface area contributed by atoms with Gasteiger partial charge in [0, 0.05) is 18.4 Å². The van der Waals surface area contributed by atoms with Crippen molar-refractivity contribution in [3.05, 3.63) is 47.0 Å². The minimum atomic E-state index is -0.798. The van der Waals surface area contributed by atoms with E-state index < -0.39 is 5.97 Å². The van der Waals surface area contributed by atoms with E-state index in [1.54, 1.807) is 6.08 Å². The molecule has 2 amide bonds. The Morgan fingerprint density at radius 1 is 1.07 bits per heavy atom. The second-order valence-electron chi connectivity index (χ2n) is 6.32. The fraction of sp³-hybridized carbons (Fsp3) is 0.300. The Morgan fingerprint density at radius 3 is 2.67 bits per heavy atom. The van der Waals surface area contributed by atoms with Gasteiger partial charge in [-0.25, -0.2) is 4.98 Å². The third kappa shape index (κ3) is 4.95. The summed E-state index contributed by atoms with van der Waals surface area (Å²) < 4.78 is 0. The number of carboxylic acids is 1. The molecular weight excluding hydrogens is 364 g/mol. The summed E-state index contributed by atoms with van der Waals surface area (Å²) >= 11 is 0.935. The number of imide groups is 1. The molecule has 1 N–H and O–H groups in total. The number of carbonyl (C=O) groups excluding carboxylic acids is 2. The molecule has 2 aromatic rings. The maximum atomic E-state index is 12.5. The Bertz CT molecular complexity index is 910. The zero-order chi connectivity index (χ0) is 19.2. The van der Waals surface area contributed by atoms with Gasteiger partial charge in [0.05, 0.1) is 16.1 Å². The van der Waals surface area contributed by atoms with E-state index in [2.05, 4.69) is 4.98 Å². The number of nitrogens with zero attached hydrogens (tertiary/aromatic N) is 2. The summed E-state index contributed by atoms with van der Waals surface area (Å²) in [7, 11) is 0. The fourth-order valence-corrected chi connectivity index (χ4v) is 3.74. The van der Waals surface area contributed by atoms with Crippen LogP contribution in [0.1, 0.15) is 37.8 Å². The highest BCUT2D eigenvalue weighted by Crippen LogP contribution is 2.32. The van der Waals surface area contributed by atoms with E-state index in [1.807, 2.05) is 36.4 Å². The molecule has 1 aliphatic heterocycles. The molecule has 0 radical (unpaired) electrons. The molecule has 0 saturated carbocycles. The Hall–Kier alpha value is -2.67. The molecule has 1 fully saturated rings. The molecule has 0 unspecified atom stereocenters. The topological polar surface area (TPSA) is 87.6 Å². The molecule has 1 aromatic heterocycles. The van der Waals surface area contributed by atoms with Crippen LogP contribution < -0.4 is 0 Å². The van der Waals surface area contributed by atoms with Crippen LogP contribution in [-0.2, 0) is 9.59 Å². The van der Waals surface area contributed by atoms with E-state index in [0.717, 1.165) is 35.5 Å². The second kappa shape index (κ2) is 8.81. The number of hydrogen-bond acceptors (Lipinski definition) is 5. The first-order valence-electron chi connectivity index (χ1n) is 8.87. The maximum Gasteiger partial charge on any atom is 0.303 e. The van der Waals surface area contributed by atoms with Crippen LogP contribution in [-0.4, -0.2) is 38.7 Å². The van der Waals surface area contributed by atoms with Crippen molar-refractivity contribution in [2.24, 2.45) is 0 Å². The van der Waals surface area contributed by atoms with Gasteiger partial charge in [0.2, 0.25) is 0 Å². The number of carboxylic acid groups (broad SMARTS) is 1. The summed E-state index contributed by atoms with van der Waals surface area (Å²) in [5.74, 6) is -1.08. The lowest BCUT2D eigenvalue weighted by Crippen LogP contribution is -2.29. The van der Waals surface area contributed by atoms with Crippen molar-refractivity contribution >= 4 is 45.9 Å². The number of unbranched alkanes of at least 4 members (excludes halogenated alkanes) is 3. The van der Waals surface area contributed by atoms with Gasteiger partial charge in [0.15, 0.2) is 0 Å². The highest BCUT2D eigenvalue weighted by atomic mass is 32.2. The molecule has 6 nitrogen and oxygen atoms in total. The average molecular weight is 384 g/mol. The lowest BCUT2D eigenvalue weighted by Gasteiger charge is -2.11. The van der Waals surface area contributed by atoms with Gasteiger partial charge >= 0.3 is 5.97 Å². The zero-order valence-electron chi connectivity index (χ0n) is 14.8. The number of para-hydroxylation sites is 1. The number of pyridine rings is 1. The van der Waals surface area contributed by atoms with Crippen molar-refractivity contribution in [3.8, 4) is 0 Å². The summed E-state index contributed by atoms with van der Waals surface area (Å²) in [5, 5.41) is 9.36. The van der Waals surface area contributed by atoms with Crippen LogP contribution in [0, 0.1) is 0 Å². The molecular formula is C20H20N2O4S. The monoisotopic (exact) mass is 384 g/mol. The van der Waals surface area contributed by atoms with Gasteiger partial charge < -0.3 is 5.11 Å². The highest BCUT2D eigenvalue weighted by Gasteiger charge is 2.34. The summed E-state index contributed by atoms with van der Waals surface area (Å²) in [5.41, 5.74) is 1.49. The number of thioether (sulfide) groups is 1. The number of hydrogen-bond donors (Lipinski definition) is 1. The Balaban J connectivity index is 1.59. The number of amides is 2. The Morgan fingerprint density at radius 2 is 1.85 bits per heavy atom. The summed E-state index contributed by atoms with van der Waals surface area (Å²) in [6.07, 6.45) is 4.68. The van der Waals surface area contributed by atoms with E-state index in [9.17, 15) is 14.4 Å². The predicted molar refractivity (Wildman–Crippen MR) is 105 cm³/mol. The molecule has 0 spiro atoms. The lowest BCUT2D eigenvalue weighted by molar-refractivity contribution is -0.137. The zero-order valence-corrected chi connectivity index (χ0v) is 15.6. The van der Waals surface area contributed by atoms with Crippen molar-refractivity contribution < 1.29 is 19.5 Å². The van der Waals surface area contributed by atoms with Gasteiger partial charge in [-0.3, -0.25) is 19.3 Å². The number of fused-ring (bicyclic) bond motifs is 1. The van der Waals surface area contributed by atoms with E-state index in [1.165, 1.54) is 4.90 Å². The van der Waals surface area contributed by atoms with Gasteiger partial charge in [-0.2, -0.15) is 0 Å². The molecule has 2 heterocycles. The van der Waals surface area contributed by atoms with Crippen LogP contribution in [0.2, 0.25) is 0 Å². The molecule has 1 aliphatic rings. The first kappa shape index (κ1) is 19.1. The number of aromatic nitrogens is 1. The highest BCUT2D eigenvalue weighted by molar-refractivity contribution is 8.18. The largest absolute Gasteiger partial charge is 0.481 e. The van der Waals surface area contributed by atoms with Crippen molar-refractivity contribution in [3.63, 3.8) is 0 Å². The summed E-state index contributed by atoms with van der Waals surface area (Å²) in [6.45, 7) is 0.361. The minimum Gasteiger partial charge on any atom is -0.481 e. The molecule has 0 atom stereocenters. The van der Waals surface area contributed by atoms with E-state index in [0.29, 0.717) is 30.0 Å². The molecule has 1 saturated heterocycles. The Labute approximate surface area is 161 Å². The molecule has 7 heteroatoms. The van der Waals surface area contributed by atoms with Crippen molar-refractivity contribution in [2.45, 2.75) is 32.1 Å². The van der Waals surface area contributed by atoms with Crippen LogP contribution in [0.4, 0.5) is 4.79 Å². The molecule has 27 heavy (non-hydrogen) atoms. The number of rotatable bonds is 8. The normalized spacial score (nSPS) is 15.9. The SMILES string of the molecule is O=C(O)CCCCCCN1C(=O)S/C(=C\c2ccc3ccccc3n2)C1=O. The molecule has 0 aliphatic carbocycles. The van der Waals surface area contributed by atoms with Crippen LogP contribution in [0.3, 0.4) is 0 Å². The quantitative estimate of drug-likeness (QED) is 0.539. The van der Waals surface area contributed by atoms with Gasteiger partial charge in [-0.1, -0.05) is 37.1 Å². The summed E-state index contributed by atoms with van der Waals surface area (Å²) in [4.78, 5) is 41.3. The standard InChI is InChI=1S/C20H20N2O4S/c23-18(24)9-3-1-2-6-12-22-19(25)17(27-20(22)26)13-15-11-10-14-7-4-5-8-16(14)21-15/h4-5,7-8,10-11,13H,1-3,6,9,12H2,(H,23,24)/b17-13-.